The van der Waals surface area contributed by atoms with Crippen LogP contribution < -0.4 is 5.50 Å². The SMILES string of the molecule is [CH2]c1coc(P(=O)(O)O)c1. The number of rotatable bonds is 1. The molecule has 0 aromatic carbocycles. The lowest BCUT2D eigenvalue weighted by Gasteiger charge is -1.95. The molecule has 0 fully saturated rings. The quantitative estimate of drug-likeness (QED) is 0.579. The van der Waals surface area contributed by atoms with Crippen molar-refractivity contribution in [3.05, 3.63) is 24.8 Å². The van der Waals surface area contributed by atoms with Crippen molar-refractivity contribution in [1.29, 1.82) is 0 Å². The van der Waals surface area contributed by atoms with Crippen LogP contribution in [-0.2, 0) is 4.57 Å². The Bertz CT molecular complexity index is 271. The van der Waals surface area contributed by atoms with Crippen LogP contribution in [0.3, 0.4) is 0 Å². The van der Waals surface area contributed by atoms with Crippen molar-refractivity contribution in [2.45, 2.75) is 0 Å². The van der Waals surface area contributed by atoms with E-state index in [9.17, 15) is 4.57 Å². The van der Waals surface area contributed by atoms with Crippen molar-refractivity contribution in [3.63, 3.8) is 0 Å². The van der Waals surface area contributed by atoms with Crippen LogP contribution in [0.25, 0.3) is 0 Å². The summed E-state index contributed by atoms with van der Waals surface area (Å²) in [6.07, 6.45) is 1.19. The minimum Gasteiger partial charge on any atom is -0.456 e. The fraction of sp³-hybridized carbons (Fsp3) is 0. The summed E-state index contributed by atoms with van der Waals surface area (Å²) in [5.41, 5.74) is 0.121. The predicted molar refractivity (Wildman–Crippen MR) is 34.8 cm³/mol. The first-order valence-corrected chi connectivity index (χ1v) is 4.08. The molecule has 0 aliphatic carbocycles. The van der Waals surface area contributed by atoms with E-state index < -0.39 is 7.60 Å². The van der Waals surface area contributed by atoms with E-state index in [0.717, 1.165) is 0 Å². The second-order valence-electron chi connectivity index (χ2n) is 1.84. The van der Waals surface area contributed by atoms with Crippen LogP contribution in [0, 0.1) is 6.92 Å². The van der Waals surface area contributed by atoms with Gasteiger partial charge >= 0.3 is 7.60 Å². The molecule has 2 N–H and O–H groups in total. The highest BCUT2D eigenvalue weighted by Gasteiger charge is 2.20. The van der Waals surface area contributed by atoms with E-state index in [-0.39, 0.29) is 5.50 Å². The summed E-state index contributed by atoms with van der Waals surface area (Å²) in [7, 11) is -4.20. The maximum atomic E-state index is 10.4. The van der Waals surface area contributed by atoms with Crippen molar-refractivity contribution < 1.29 is 18.8 Å². The smallest absolute Gasteiger partial charge is 0.391 e. The van der Waals surface area contributed by atoms with E-state index in [2.05, 4.69) is 11.3 Å². The van der Waals surface area contributed by atoms with Crippen molar-refractivity contribution in [3.8, 4) is 0 Å². The van der Waals surface area contributed by atoms with Crippen molar-refractivity contribution in [1.82, 2.24) is 0 Å². The van der Waals surface area contributed by atoms with E-state index in [1.54, 1.807) is 0 Å². The third-order valence-corrected chi connectivity index (χ3v) is 1.74. The summed E-state index contributed by atoms with van der Waals surface area (Å²) in [5.74, 6) is 0. The molecular formula is C5H6O4P. The van der Waals surface area contributed by atoms with Crippen LogP contribution in [0.1, 0.15) is 5.56 Å². The molecule has 0 bridgehead atoms. The third kappa shape index (κ3) is 1.48. The Balaban J connectivity index is 3.08. The molecule has 0 aliphatic heterocycles. The highest BCUT2D eigenvalue weighted by Crippen LogP contribution is 2.33. The topological polar surface area (TPSA) is 70.7 Å². The predicted octanol–water partition coefficient (Wildman–Crippen LogP) is 0.265. The standard InChI is InChI=1S/C5H6O4P/c1-4-2-5(9-3-4)10(6,7)8/h2-3H,1H2,(H2,6,7,8). The first-order valence-electron chi connectivity index (χ1n) is 2.47. The van der Waals surface area contributed by atoms with Gasteiger partial charge in [0.15, 0.2) is 0 Å². The first-order chi connectivity index (χ1) is 4.50. The van der Waals surface area contributed by atoms with Gasteiger partial charge in [-0.05, 0) is 18.6 Å². The van der Waals surface area contributed by atoms with Crippen LogP contribution in [-0.4, -0.2) is 9.79 Å². The second kappa shape index (κ2) is 2.23. The van der Waals surface area contributed by atoms with Crippen LogP contribution in [0.15, 0.2) is 16.7 Å². The molecule has 0 amide bonds. The summed E-state index contributed by atoms with van der Waals surface area (Å²) in [4.78, 5) is 17.0. The highest BCUT2D eigenvalue weighted by molar-refractivity contribution is 7.59. The largest absolute Gasteiger partial charge is 0.456 e. The molecule has 0 atom stereocenters. The van der Waals surface area contributed by atoms with Crippen LogP contribution >= 0.6 is 7.60 Å². The number of hydrogen-bond donors (Lipinski definition) is 2. The molecule has 0 unspecified atom stereocenters. The van der Waals surface area contributed by atoms with Crippen molar-refractivity contribution >= 4 is 13.1 Å². The Morgan fingerprint density at radius 2 is 2.20 bits per heavy atom. The Hall–Kier alpha value is -0.570. The molecule has 1 rings (SSSR count). The number of hydrogen-bond acceptors (Lipinski definition) is 2. The molecule has 0 saturated carbocycles. The van der Waals surface area contributed by atoms with Gasteiger partial charge in [0.05, 0.1) is 6.26 Å². The molecule has 0 aliphatic rings. The molecule has 0 saturated heterocycles. The molecule has 1 radical (unpaired) electrons. The lowest BCUT2D eigenvalue weighted by molar-refractivity contribution is 0.376. The lowest BCUT2D eigenvalue weighted by atomic mass is 10.4. The van der Waals surface area contributed by atoms with Crippen LogP contribution in [0.4, 0.5) is 0 Å². The average molecular weight is 161 g/mol. The zero-order chi connectivity index (χ0) is 7.78. The van der Waals surface area contributed by atoms with E-state index in [1.807, 2.05) is 0 Å². The zero-order valence-corrected chi connectivity index (χ0v) is 5.91. The normalized spacial score (nSPS) is 11.9. The highest BCUT2D eigenvalue weighted by atomic mass is 31.2. The van der Waals surface area contributed by atoms with Gasteiger partial charge in [0.25, 0.3) is 0 Å². The molecule has 10 heavy (non-hydrogen) atoms. The zero-order valence-electron chi connectivity index (χ0n) is 5.02. The molecule has 1 aromatic heterocycles. The minimum atomic E-state index is -4.20. The fourth-order valence-electron chi connectivity index (χ4n) is 0.515. The summed E-state index contributed by atoms with van der Waals surface area (Å²) >= 11 is 0. The minimum absolute atomic E-state index is 0.336. The lowest BCUT2D eigenvalue weighted by Crippen LogP contribution is -1.98. The first kappa shape index (κ1) is 7.54. The van der Waals surface area contributed by atoms with Gasteiger partial charge in [0.1, 0.15) is 0 Å². The summed E-state index contributed by atoms with van der Waals surface area (Å²) < 4.78 is 14.9. The van der Waals surface area contributed by atoms with Gasteiger partial charge in [-0.25, -0.2) is 0 Å². The van der Waals surface area contributed by atoms with Gasteiger partial charge in [0.2, 0.25) is 5.50 Å². The Morgan fingerprint density at radius 3 is 2.40 bits per heavy atom. The molecule has 0 spiro atoms. The van der Waals surface area contributed by atoms with Crippen molar-refractivity contribution in [2.24, 2.45) is 0 Å². The van der Waals surface area contributed by atoms with Crippen LogP contribution in [0.5, 0.6) is 0 Å². The van der Waals surface area contributed by atoms with Gasteiger partial charge in [-0.3, -0.25) is 4.57 Å². The van der Waals surface area contributed by atoms with Crippen LogP contribution in [0.2, 0.25) is 0 Å². The van der Waals surface area contributed by atoms with E-state index in [1.165, 1.54) is 12.3 Å². The van der Waals surface area contributed by atoms with E-state index >= 15 is 0 Å². The average Bonchev–Trinajstić information content (AvgIpc) is 2.11. The second-order valence-corrected chi connectivity index (χ2v) is 3.37. The summed E-state index contributed by atoms with van der Waals surface area (Å²) in [5, 5.41) is 0. The molecule has 4 nitrogen and oxygen atoms in total. The van der Waals surface area contributed by atoms with Gasteiger partial charge in [-0.1, -0.05) is 0 Å². The fourth-order valence-corrected chi connectivity index (χ4v) is 1.04. The van der Waals surface area contributed by atoms with E-state index in [4.69, 9.17) is 9.79 Å². The maximum Gasteiger partial charge on any atom is 0.391 e. The third-order valence-electron chi connectivity index (χ3n) is 0.927. The summed E-state index contributed by atoms with van der Waals surface area (Å²) in [6, 6.07) is 1.21. The maximum absolute atomic E-state index is 10.4. The van der Waals surface area contributed by atoms with Gasteiger partial charge in [0, 0.05) is 0 Å². The van der Waals surface area contributed by atoms with E-state index in [0.29, 0.717) is 5.56 Å². The molecule has 1 aromatic rings. The van der Waals surface area contributed by atoms with Gasteiger partial charge in [-0.2, -0.15) is 0 Å². The molecule has 5 heteroatoms. The molecule has 55 valence electrons. The van der Waals surface area contributed by atoms with Gasteiger partial charge in [-0.15, -0.1) is 0 Å². The molecule has 1 heterocycles. The Kier molecular flexibility index (Phi) is 1.68. The van der Waals surface area contributed by atoms with Crippen molar-refractivity contribution in [2.75, 3.05) is 0 Å². The number of furan rings is 1. The monoisotopic (exact) mass is 161 g/mol. The Labute approximate surface area is 57.6 Å². The Morgan fingerprint density at radius 1 is 1.60 bits per heavy atom. The van der Waals surface area contributed by atoms with Gasteiger partial charge < -0.3 is 14.2 Å². The summed E-state index contributed by atoms with van der Waals surface area (Å²) in [6.45, 7) is 3.42. The molecular weight excluding hydrogens is 155 g/mol.